The molecule has 0 spiro atoms. The Morgan fingerprint density at radius 1 is 1.47 bits per heavy atom. The highest BCUT2D eigenvalue weighted by molar-refractivity contribution is 5.97. The summed E-state index contributed by atoms with van der Waals surface area (Å²) in [5.41, 5.74) is 1.50. The maximum atomic E-state index is 12.5. The first kappa shape index (κ1) is 13.5. The van der Waals surface area contributed by atoms with Gasteiger partial charge in [0, 0.05) is 30.1 Å². The number of H-pyrrole nitrogens is 1. The van der Waals surface area contributed by atoms with Crippen LogP contribution in [0.5, 0.6) is 0 Å². The van der Waals surface area contributed by atoms with E-state index in [4.69, 9.17) is 5.11 Å². The molecular formula is C14H19N3O2. The molecule has 0 saturated heterocycles. The smallest absolute Gasteiger partial charge is 0.254 e. The number of carbonyl (C=O) groups is 1. The Labute approximate surface area is 112 Å². The van der Waals surface area contributed by atoms with Crippen molar-refractivity contribution < 1.29 is 9.90 Å². The van der Waals surface area contributed by atoms with E-state index in [0.717, 1.165) is 10.9 Å². The normalized spacial score (nSPS) is 11.2. The third kappa shape index (κ3) is 2.93. The second kappa shape index (κ2) is 5.84. The average molecular weight is 261 g/mol. The van der Waals surface area contributed by atoms with E-state index in [9.17, 15) is 4.79 Å². The third-order valence-electron chi connectivity index (χ3n) is 3.13. The Bertz CT molecular complexity index is 563. The summed E-state index contributed by atoms with van der Waals surface area (Å²) < 4.78 is 0. The molecule has 0 bridgehead atoms. The summed E-state index contributed by atoms with van der Waals surface area (Å²) in [5.74, 6) is -0.0139. The quantitative estimate of drug-likeness (QED) is 0.862. The molecule has 2 N–H and O–H groups in total. The van der Waals surface area contributed by atoms with E-state index in [1.165, 1.54) is 0 Å². The van der Waals surface area contributed by atoms with Gasteiger partial charge in [-0.2, -0.15) is 5.10 Å². The van der Waals surface area contributed by atoms with Gasteiger partial charge in [0.15, 0.2) is 0 Å². The van der Waals surface area contributed by atoms with Gasteiger partial charge in [-0.1, -0.05) is 6.07 Å². The summed E-state index contributed by atoms with van der Waals surface area (Å²) in [4.78, 5) is 14.2. The van der Waals surface area contributed by atoms with Crippen molar-refractivity contribution in [3.8, 4) is 0 Å². The maximum Gasteiger partial charge on any atom is 0.254 e. The molecule has 0 saturated carbocycles. The van der Waals surface area contributed by atoms with E-state index < -0.39 is 0 Å². The zero-order valence-corrected chi connectivity index (χ0v) is 11.3. The fourth-order valence-corrected chi connectivity index (χ4v) is 2.07. The van der Waals surface area contributed by atoms with Crippen LogP contribution in [-0.4, -0.2) is 45.3 Å². The summed E-state index contributed by atoms with van der Waals surface area (Å²) in [6, 6.07) is 5.63. The molecule has 0 aliphatic rings. The number of nitrogens with one attached hydrogen (secondary N) is 1. The molecule has 5 nitrogen and oxygen atoms in total. The number of amides is 1. The van der Waals surface area contributed by atoms with Gasteiger partial charge in [-0.3, -0.25) is 9.89 Å². The van der Waals surface area contributed by atoms with Crippen LogP contribution in [0.3, 0.4) is 0 Å². The van der Waals surface area contributed by atoms with Gasteiger partial charge < -0.3 is 10.0 Å². The van der Waals surface area contributed by atoms with Crippen molar-refractivity contribution in [2.45, 2.75) is 26.3 Å². The summed E-state index contributed by atoms with van der Waals surface area (Å²) in [6.45, 7) is 4.61. The van der Waals surface area contributed by atoms with Crippen molar-refractivity contribution in [1.82, 2.24) is 15.1 Å². The Morgan fingerprint density at radius 3 is 2.95 bits per heavy atom. The minimum absolute atomic E-state index is 0.0139. The van der Waals surface area contributed by atoms with Crippen molar-refractivity contribution in [2.75, 3.05) is 13.2 Å². The highest BCUT2D eigenvalue weighted by Gasteiger charge is 2.18. The second-order valence-corrected chi connectivity index (χ2v) is 4.84. The molecule has 1 aromatic carbocycles. The molecule has 0 atom stereocenters. The molecule has 0 fully saturated rings. The predicted molar refractivity (Wildman–Crippen MR) is 74.0 cm³/mol. The number of carbonyl (C=O) groups excluding carboxylic acids is 1. The molecule has 5 heteroatoms. The number of benzene rings is 1. The molecular weight excluding hydrogens is 242 g/mol. The third-order valence-corrected chi connectivity index (χ3v) is 3.13. The van der Waals surface area contributed by atoms with E-state index in [-0.39, 0.29) is 18.6 Å². The number of fused-ring (bicyclic) bond motifs is 1. The molecule has 2 aromatic rings. The molecule has 0 radical (unpaired) electrons. The van der Waals surface area contributed by atoms with Crippen LogP contribution in [0.25, 0.3) is 10.9 Å². The summed E-state index contributed by atoms with van der Waals surface area (Å²) in [6.07, 6.45) is 2.33. The number of hydrogen-bond donors (Lipinski definition) is 2. The van der Waals surface area contributed by atoms with Crippen molar-refractivity contribution >= 4 is 16.8 Å². The predicted octanol–water partition coefficient (Wildman–Crippen LogP) is 1.80. The first-order chi connectivity index (χ1) is 9.13. The van der Waals surface area contributed by atoms with Crippen LogP contribution in [0, 0.1) is 0 Å². The van der Waals surface area contributed by atoms with Gasteiger partial charge in [-0.15, -0.1) is 0 Å². The van der Waals surface area contributed by atoms with Gasteiger partial charge in [0.25, 0.3) is 5.91 Å². The highest BCUT2D eigenvalue weighted by Crippen LogP contribution is 2.15. The van der Waals surface area contributed by atoms with Gasteiger partial charge in [-0.05, 0) is 32.4 Å². The number of aliphatic hydroxyl groups is 1. The van der Waals surface area contributed by atoms with Crippen LogP contribution in [-0.2, 0) is 0 Å². The largest absolute Gasteiger partial charge is 0.396 e. The standard InChI is InChI=1S/C14H19N3O2/c1-10(2)17(6-3-7-18)14(19)11-4-5-12-9-15-16-13(12)8-11/h4-5,8-10,18H,3,6-7H2,1-2H3,(H,15,16). The molecule has 0 aliphatic heterocycles. The molecule has 1 amide bonds. The van der Waals surface area contributed by atoms with Crippen LogP contribution in [0.15, 0.2) is 24.4 Å². The lowest BCUT2D eigenvalue weighted by molar-refractivity contribution is 0.0693. The Balaban J connectivity index is 2.24. The Hall–Kier alpha value is -1.88. The minimum atomic E-state index is -0.0139. The molecule has 19 heavy (non-hydrogen) atoms. The lowest BCUT2D eigenvalue weighted by atomic mass is 10.1. The first-order valence-corrected chi connectivity index (χ1v) is 6.48. The van der Waals surface area contributed by atoms with Crippen molar-refractivity contribution in [3.63, 3.8) is 0 Å². The molecule has 1 heterocycles. The lowest BCUT2D eigenvalue weighted by Crippen LogP contribution is -2.38. The summed E-state index contributed by atoms with van der Waals surface area (Å²) in [7, 11) is 0. The summed E-state index contributed by atoms with van der Waals surface area (Å²) in [5, 5.41) is 16.7. The number of nitrogens with zero attached hydrogens (tertiary/aromatic N) is 2. The van der Waals surface area contributed by atoms with E-state index in [0.29, 0.717) is 18.5 Å². The molecule has 0 aliphatic carbocycles. The monoisotopic (exact) mass is 261 g/mol. The van der Waals surface area contributed by atoms with Crippen LogP contribution >= 0.6 is 0 Å². The Morgan fingerprint density at radius 2 is 2.26 bits per heavy atom. The van der Waals surface area contributed by atoms with Crippen molar-refractivity contribution in [3.05, 3.63) is 30.0 Å². The van der Waals surface area contributed by atoms with E-state index >= 15 is 0 Å². The van der Waals surface area contributed by atoms with Gasteiger partial charge in [0.05, 0.1) is 11.7 Å². The van der Waals surface area contributed by atoms with E-state index in [2.05, 4.69) is 10.2 Å². The van der Waals surface area contributed by atoms with Crippen LogP contribution in [0.2, 0.25) is 0 Å². The topological polar surface area (TPSA) is 69.2 Å². The van der Waals surface area contributed by atoms with Crippen LogP contribution < -0.4 is 0 Å². The highest BCUT2D eigenvalue weighted by atomic mass is 16.3. The maximum absolute atomic E-state index is 12.5. The average Bonchev–Trinajstić information content (AvgIpc) is 2.85. The van der Waals surface area contributed by atoms with Gasteiger partial charge in [0.2, 0.25) is 0 Å². The van der Waals surface area contributed by atoms with E-state index in [1.54, 1.807) is 11.1 Å². The van der Waals surface area contributed by atoms with Crippen LogP contribution in [0.4, 0.5) is 0 Å². The minimum Gasteiger partial charge on any atom is -0.396 e. The summed E-state index contributed by atoms with van der Waals surface area (Å²) >= 11 is 0. The van der Waals surface area contributed by atoms with Crippen molar-refractivity contribution in [1.29, 1.82) is 0 Å². The van der Waals surface area contributed by atoms with Gasteiger partial charge in [-0.25, -0.2) is 0 Å². The molecule has 2 rings (SSSR count). The van der Waals surface area contributed by atoms with Crippen LogP contribution in [0.1, 0.15) is 30.6 Å². The number of aromatic nitrogens is 2. The number of rotatable bonds is 5. The molecule has 0 unspecified atom stereocenters. The lowest BCUT2D eigenvalue weighted by Gasteiger charge is -2.26. The van der Waals surface area contributed by atoms with E-state index in [1.807, 2.05) is 32.0 Å². The second-order valence-electron chi connectivity index (χ2n) is 4.84. The fraction of sp³-hybridized carbons (Fsp3) is 0.429. The molecule has 1 aromatic heterocycles. The Kier molecular flexibility index (Phi) is 4.16. The molecule has 102 valence electrons. The first-order valence-electron chi connectivity index (χ1n) is 6.48. The van der Waals surface area contributed by atoms with Crippen molar-refractivity contribution in [2.24, 2.45) is 0 Å². The van der Waals surface area contributed by atoms with Gasteiger partial charge >= 0.3 is 0 Å². The zero-order valence-electron chi connectivity index (χ0n) is 11.3. The SMILES string of the molecule is CC(C)N(CCCO)C(=O)c1ccc2cn[nH]c2c1. The number of aliphatic hydroxyl groups excluding tert-OH is 1. The zero-order chi connectivity index (χ0) is 13.8. The number of hydrogen-bond acceptors (Lipinski definition) is 3. The number of aromatic amines is 1. The van der Waals surface area contributed by atoms with Gasteiger partial charge in [0.1, 0.15) is 0 Å². The fourth-order valence-electron chi connectivity index (χ4n) is 2.07.